The molecule has 0 unspecified atom stereocenters. The standard InChI is InChI=1S/C11H21NO.2CHNO/c1-2-3-4-5-6-7-8-9-10-12-11-13;2*2-1-3/h2-10H2,1H3;2*2H. The van der Waals surface area contributed by atoms with Gasteiger partial charge in [-0.3, -0.25) is 0 Å². The Labute approximate surface area is 114 Å². The summed E-state index contributed by atoms with van der Waals surface area (Å²) in [5.74, 6) is 0. The van der Waals surface area contributed by atoms with Crippen LogP contribution in [0, 0.1) is 10.8 Å². The topological polar surface area (TPSA) is 111 Å². The summed E-state index contributed by atoms with van der Waals surface area (Å²) >= 11 is 0. The maximum Gasteiger partial charge on any atom is 0.234 e. The summed E-state index contributed by atoms with van der Waals surface area (Å²) in [6.45, 7) is 2.90. The first-order valence-corrected chi connectivity index (χ1v) is 6.36. The van der Waals surface area contributed by atoms with Gasteiger partial charge in [0.05, 0.1) is 6.54 Å². The molecule has 0 aliphatic carbocycles. The average Bonchev–Trinajstić information content (AvgIpc) is 2.39. The molecule has 0 radical (unpaired) electrons. The summed E-state index contributed by atoms with van der Waals surface area (Å²) in [5, 5.41) is 10.8. The van der Waals surface area contributed by atoms with Crippen LogP contribution in [0.15, 0.2) is 4.99 Å². The molecule has 0 aromatic rings. The Hall–Kier alpha value is -1.86. The minimum Gasteiger partial charge on any atom is -0.222 e. The molecule has 0 saturated carbocycles. The fourth-order valence-corrected chi connectivity index (χ4v) is 1.37. The van der Waals surface area contributed by atoms with Gasteiger partial charge >= 0.3 is 0 Å². The third-order valence-electron chi connectivity index (χ3n) is 2.19. The van der Waals surface area contributed by atoms with Crippen LogP contribution in [0.1, 0.15) is 58.3 Å². The van der Waals surface area contributed by atoms with Crippen molar-refractivity contribution in [3.05, 3.63) is 0 Å². The lowest BCUT2D eigenvalue weighted by atomic mass is 10.1. The number of hydrogen-bond acceptors (Lipinski definition) is 6. The fraction of sp³-hybridized carbons (Fsp3) is 0.769. The van der Waals surface area contributed by atoms with E-state index in [1.807, 2.05) is 0 Å². The Morgan fingerprint density at radius 2 is 1.16 bits per heavy atom. The van der Waals surface area contributed by atoms with Crippen LogP contribution in [0.2, 0.25) is 0 Å². The number of isocyanates is 3. The fourth-order valence-electron chi connectivity index (χ4n) is 1.37. The van der Waals surface area contributed by atoms with Crippen molar-refractivity contribution in [2.45, 2.75) is 58.3 Å². The van der Waals surface area contributed by atoms with E-state index >= 15 is 0 Å². The zero-order chi connectivity index (χ0) is 15.2. The number of nitrogens with one attached hydrogen (secondary N) is 2. The van der Waals surface area contributed by atoms with E-state index in [9.17, 15) is 4.79 Å². The van der Waals surface area contributed by atoms with Crippen molar-refractivity contribution in [1.82, 2.24) is 0 Å². The van der Waals surface area contributed by atoms with Gasteiger partial charge in [0.15, 0.2) is 0 Å². The number of unbranched alkanes of at least 4 members (excludes halogenated alkanes) is 7. The van der Waals surface area contributed by atoms with Crippen LogP contribution in [0.3, 0.4) is 0 Å². The van der Waals surface area contributed by atoms with E-state index < -0.39 is 0 Å². The Morgan fingerprint density at radius 1 is 0.789 bits per heavy atom. The van der Waals surface area contributed by atoms with Gasteiger partial charge in [0.25, 0.3) is 0 Å². The van der Waals surface area contributed by atoms with Crippen LogP contribution in [-0.2, 0) is 14.4 Å². The first kappa shape index (κ1) is 22.3. The molecule has 0 aliphatic heterocycles. The highest BCUT2D eigenvalue weighted by molar-refractivity contribution is 5.32. The van der Waals surface area contributed by atoms with Gasteiger partial charge in [-0.25, -0.2) is 30.2 Å². The highest BCUT2D eigenvalue weighted by Crippen LogP contribution is 2.07. The van der Waals surface area contributed by atoms with Gasteiger partial charge in [-0.05, 0) is 6.42 Å². The molecule has 19 heavy (non-hydrogen) atoms. The number of rotatable bonds is 9. The van der Waals surface area contributed by atoms with E-state index in [-0.39, 0.29) is 0 Å². The van der Waals surface area contributed by atoms with Gasteiger partial charge in [-0.2, -0.15) is 0 Å². The van der Waals surface area contributed by atoms with E-state index in [0.29, 0.717) is 6.54 Å². The summed E-state index contributed by atoms with van der Waals surface area (Å²) in [5.41, 5.74) is 0. The van der Waals surface area contributed by atoms with Gasteiger partial charge in [0.1, 0.15) is 0 Å². The van der Waals surface area contributed by atoms with Crippen LogP contribution in [0.25, 0.3) is 0 Å². The van der Waals surface area contributed by atoms with Crippen molar-refractivity contribution in [2.75, 3.05) is 6.54 Å². The van der Waals surface area contributed by atoms with Gasteiger partial charge in [0.2, 0.25) is 18.2 Å². The van der Waals surface area contributed by atoms with E-state index in [4.69, 9.17) is 20.4 Å². The highest BCUT2D eigenvalue weighted by atomic mass is 16.1. The van der Waals surface area contributed by atoms with Gasteiger partial charge in [-0.1, -0.05) is 51.9 Å². The summed E-state index contributed by atoms with van der Waals surface area (Å²) in [7, 11) is 0. The Morgan fingerprint density at radius 3 is 1.53 bits per heavy atom. The number of aliphatic imine (C=N–C) groups is 1. The highest BCUT2D eigenvalue weighted by Gasteiger charge is 1.90. The third-order valence-corrected chi connectivity index (χ3v) is 2.19. The molecule has 2 N–H and O–H groups in total. The molecule has 0 fully saturated rings. The van der Waals surface area contributed by atoms with Crippen LogP contribution in [0.5, 0.6) is 0 Å². The Kier molecular flexibility index (Phi) is 35.0. The number of hydrogen-bond donors (Lipinski definition) is 2. The monoisotopic (exact) mass is 269 g/mol. The smallest absolute Gasteiger partial charge is 0.222 e. The van der Waals surface area contributed by atoms with Crippen LogP contribution >= 0.6 is 0 Å². The van der Waals surface area contributed by atoms with E-state index in [2.05, 4.69) is 11.9 Å². The minimum atomic E-state index is 0.665. The van der Waals surface area contributed by atoms with Crippen molar-refractivity contribution in [3.8, 4) is 0 Å². The first-order chi connectivity index (χ1) is 9.24. The minimum absolute atomic E-state index is 0.665. The van der Waals surface area contributed by atoms with Gasteiger partial charge in [-0.15, -0.1) is 0 Å². The lowest BCUT2D eigenvalue weighted by Crippen LogP contribution is -1.83. The van der Waals surface area contributed by atoms with Crippen molar-refractivity contribution in [3.63, 3.8) is 0 Å². The Bertz CT molecular complexity index is 263. The average molecular weight is 269 g/mol. The molecule has 0 rings (SSSR count). The van der Waals surface area contributed by atoms with Crippen molar-refractivity contribution < 1.29 is 14.4 Å². The van der Waals surface area contributed by atoms with Crippen molar-refractivity contribution in [1.29, 1.82) is 10.8 Å². The molecule has 0 aromatic carbocycles. The molecule has 6 heteroatoms. The second-order valence-electron chi connectivity index (χ2n) is 3.65. The lowest BCUT2D eigenvalue weighted by molar-refractivity contribution is 0.558. The molecule has 108 valence electrons. The maximum absolute atomic E-state index is 9.72. The predicted octanol–water partition coefficient (Wildman–Crippen LogP) is 3.26. The molecule has 6 nitrogen and oxygen atoms in total. The largest absolute Gasteiger partial charge is 0.234 e. The van der Waals surface area contributed by atoms with E-state index in [0.717, 1.165) is 18.6 Å². The second kappa shape index (κ2) is 29.8. The zero-order valence-electron chi connectivity index (χ0n) is 11.5. The molecule has 0 saturated heterocycles. The SMILES string of the molecule is CCCCCCCCCCN=C=O.N=C=O.N=C=O. The predicted molar refractivity (Wildman–Crippen MR) is 72.4 cm³/mol. The summed E-state index contributed by atoms with van der Waals surface area (Å²) < 4.78 is 0. The zero-order valence-corrected chi connectivity index (χ0v) is 11.5. The van der Waals surface area contributed by atoms with Crippen LogP contribution in [0.4, 0.5) is 0 Å². The summed E-state index contributed by atoms with van der Waals surface area (Å²) in [6, 6.07) is 0. The molecular weight excluding hydrogens is 246 g/mol. The normalized spacial score (nSPS) is 7.42. The Balaban J connectivity index is -0.000000360. The quantitative estimate of drug-likeness (QED) is 0.380. The molecule has 0 amide bonds. The van der Waals surface area contributed by atoms with Gasteiger partial charge < -0.3 is 0 Å². The third kappa shape index (κ3) is 48.7. The lowest BCUT2D eigenvalue weighted by Gasteiger charge is -1.98. The molecular formula is C13H23N3O3. The van der Waals surface area contributed by atoms with Crippen molar-refractivity contribution >= 4 is 18.2 Å². The van der Waals surface area contributed by atoms with E-state index in [1.54, 1.807) is 6.08 Å². The molecule has 0 heterocycles. The number of nitrogens with zero attached hydrogens (tertiary/aromatic N) is 1. The molecule has 0 atom stereocenters. The summed E-state index contributed by atoms with van der Waals surface area (Å²) in [6.07, 6.45) is 13.4. The molecule has 0 aliphatic rings. The van der Waals surface area contributed by atoms with Crippen molar-refractivity contribution in [2.24, 2.45) is 4.99 Å². The number of carbonyl (C=O) groups excluding carboxylic acids is 3. The molecule has 0 spiro atoms. The molecule has 0 aromatic heterocycles. The van der Waals surface area contributed by atoms with Gasteiger partial charge in [0, 0.05) is 0 Å². The van der Waals surface area contributed by atoms with E-state index in [1.165, 1.54) is 44.9 Å². The first-order valence-electron chi connectivity index (χ1n) is 6.36. The second-order valence-corrected chi connectivity index (χ2v) is 3.65. The van der Waals surface area contributed by atoms with Crippen LogP contribution in [-0.4, -0.2) is 24.8 Å². The molecule has 0 bridgehead atoms. The van der Waals surface area contributed by atoms with Crippen LogP contribution < -0.4 is 0 Å². The maximum atomic E-state index is 9.72. The summed E-state index contributed by atoms with van der Waals surface area (Å²) in [4.78, 5) is 29.9.